The summed E-state index contributed by atoms with van der Waals surface area (Å²) in [6, 6.07) is 7.91. The first-order valence-corrected chi connectivity index (χ1v) is 8.49. The van der Waals surface area contributed by atoms with E-state index in [-0.39, 0.29) is 5.25 Å². The average Bonchev–Trinajstić information content (AvgIpc) is 2.64. The van der Waals surface area contributed by atoms with Gasteiger partial charge >= 0.3 is 5.97 Å². The van der Waals surface area contributed by atoms with E-state index in [9.17, 15) is 9.90 Å². The van der Waals surface area contributed by atoms with E-state index >= 15 is 0 Å². The predicted molar refractivity (Wildman–Crippen MR) is 82.6 cm³/mol. The lowest BCUT2D eigenvalue weighted by atomic mass is 9.96. The van der Waals surface area contributed by atoms with Crippen molar-refractivity contribution in [3.05, 3.63) is 28.7 Å². The van der Waals surface area contributed by atoms with Gasteiger partial charge in [-0.25, -0.2) is 0 Å². The Morgan fingerprint density at radius 2 is 1.95 bits per heavy atom. The largest absolute Gasteiger partial charge is 0.480 e. The summed E-state index contributed by atoms with van der Waals surface area (Å²) in [7, 11) is 0. The maximum absolute atomic E-state index is 11.6. The van der Waals surface area contributed by atoms with Crippen LogP contribution in [0, 0.1) is 5.92 Å². The van der Waals surface area contributed by atoms with Crippen LogP contribution in [0.3, 0.4) is 0 Å². The summed E-state index contributed by atoms with van der Waals surface area (Å²) >= 11 is 4.93. The number of halogens is 1. The van der Waals surface area contributed by atoms with Crippen LogP contribution in [0.25, 0.3) is 0 Å². The van der Waals surface area contributed by atoms with E-state index in [1.54, 1.807) is 0 Å². The molecule has 1 aliphatic carbocycles. The highest BCUT2D eigenvalue weighted by Gasteiger charge is 2.29. The van der Waals surface area contributed by atoms with Gasteiger partial charge in [0.1, 0.15) is 5.25 Å². The van der Waals surface area contributed by atoms with Crippen LogP contribution in [-0.2, 0) is 4.79 Å². The Labute approximate surface area is 127 Å². The third-order valence-electron chi connectivity index (χ3n) is 3.63. The Bertz CT molecular complexity index is 428. The van der Waals surface area contributed by atoms with E-state index in [0.29, 0.717) is 5.92 Å². The Morgan fingerprint density at radius 3 is 2.53 bits per heavy atom. The van der Waals surface area contributed by atoms with Gasteiger partial charge in [-0.2, -0.15) is 0 Å². The molecule has 1 unspecified atom stereocenters. The van der Waals surface area contributed by atoms with Crippen LogP contribution in [0.5, 0.6) is 0 Å². The van der Waals surface area contributed by atoms with Crippen molar-refractivity contribution in [3.8, 4) is 0 Å². The molecule has 2 rings (SSSR count). The van der Waals surface area contributed by atoms with Crippen LogP contribution >= 0.6 is 27.7 Å². The van der Waals surface area contributed by atoms with Gasteiger partial charge < -0.3 is 5.11 Å². The standard InChI is InChI=1S/C15H19BrO2S/c16-12-8-5-9-13(10-12)19-14(15(17)18)11-6-3-1-2-4-7-11/h5,8-11,14H,1-4,6-7H2,(H,17,18). The first-order chi connectivity index (χ1) is 9.16. The fourth-order valence-electron chi connectivity index (χ4n) is 2.65. The molecule has 0 saturated heterocycles. The van der Waals surface area contributed by atoms with Crippen molar-refractivity contribution in [1.82, 2.24) is 0 Å². The van der Waals surface area contributed by atoms with Crippen molar-refractivity contribution in [1.29, 1.82) is 0 Å². The number of hydrogen-bond donors (Lipinski definition) is 1. The highest BCUT2D eigenvalue weighted by Crippen LogP contribution is 2.36. The first kappa shape index (κ1) is 14.9. The number of hydrogen-bond acceptors (Lipinski definition) is 2. The summed E-state index contributed by atoms with van der Waals surface area (Å²) in [6.45, 7) is 0. The molecule has 104 valence electrons. The maximum atomic E-state index is 11.6. The van der Waals surface area contributed by atoms with Gasteiger partial charge in [0.25, 0.3) is 0 Å². The molecule has 0 heterocycles. The molecule has 0 radical (unpaired) electrons. The maximum Gasteiger partial charge on any atom is 0.317 e. The van der Waals surface area contributed by atoms with Crippen LogP contribution in [0.1, 0.15) is 38.5 Å². The minimum atomic E-state index is -0.670. The topological polar surface area (TPSA) is 37.3 Å². The highest BCUT2D eigenvalue weighted by atomic mass is 79.9. The van der Waals surface area contributed by atoms with Crippen molar-refractivity contribution in [3.63, 3.8) is 0 Å². The second kappa shape index (κ2) is 7.34. The van der Waals surface area contributed by atoms with Crippen molar-refractivity contribution in [2.45, 2.75) is 48.7 Å². The number of carboxylic acids is 1. The van der Waals surface area contributed by atoms with Gasteiger partial charge in [-0.3, -0.25) is 4.79 Å². The summed E-state index contributed by atoms with van der Waals surface area (Å²) in [4.78, 5) is 12.6. The van der Waals surface area contributed by atoms with Crippen molar-refractivity contribution in [2.24, 2.45) is 5.92 Å². The summed E-state index contributed by atoms with van der Waals surface area (Å²) in [5.41, 5.74) is 0. The van der Waals surface area contributed by atoms with Gasteiger partial charge in [-0.15, -0.1) is 11.8 Å². The fraction of sp³-hybridized carbons (Fsp3) is 0.533. The van der Waals surface area contributed by atoms with Crippen LogP contribution in [0.15, 0.2) is 33.6 Å². The summed E-state index contributed by atoms with van der Waals surface area (Å²) in [6.07, 6.45) is 6.96. The Morgan fingerprint density at radius 1 is 1.26 bits per heavy atom. The first-order valence-electron chi connectivity index (χ1n) is 6.82. The van der Waals surface area contributed by atoms with E-state index in [4.69, 9.17) is 0 Å². The molecule has 0 spiro atoms. The Balaban J connectivity index is 2.09. The summed E-state index contributed by atoms with van der Waals surface area (Å²) < 4.78 is 1.00. The van der Waals surface area contributed by atoms with E-state index in [0.717, 1.165) is 22.2 Å². The molecular formula is C15H19BrO2S. The number of rotatable bonds is 4. The molecule has 0 aliphatic heterocycles. The van der Waals surface area contributed by atoms with Gasteiger partial charge in [0, 0.05) is 9.37 Å². The minimum Gasteiger partial charge on any atom is -0.480 e. The average molecular weight is 343 g/mol. The monoisotopic (exact) mass is 342 g/mol. The Kier molecular flexibility index (Phi) is 5.76. The molecule has 1 atom stereocenters. The van der Waals surface area contributed by atoms with Gasteiger partial charge in [0.2, 0.25) is 0 Å². The molecule has 0 amide bonds. The minimum absolute atomic E-state index is 0.309. The third kappa shape index (κ3) is 4.53. The molecular weight excluding hydrogens is 324 g/mol. The smallest absolute Gasteiger partial charge is 0.317 e. The zero-order valence-corrected chi connectivity index (χ0v) is 13.3. The van der Waals surface area contributed by atoms with Crippen LogP contribution in [0.2, 0.25) is 0 Å². The lowest BCUT2D eigenvalue weighted by Gasteiger charge is -2.22. The van der Waals surface area contributed by atoms with Gasteiger partial charge in [-0.05, 0) is 37.0 Å². The predicted octanol–water partition coefficient (Wildman–Crippen LogP) is 4.96. The van der Waals surface area contributed by atoms with E-state index < -0.39 is 5.97 Å². The quantitative estimate of drug-likeness (QED) is 0.620. The lowest BCUT2D eigenvalue weighted by Crippen LogP contribution is -2.26. The third-order valence-corrected chi connectivity index (χ3v) is 5.49. The van der Waals surface area contributed by atoms with Gasteiger partial charge in [0.15, 0.2) is 0 Å². The number of aliphatic carboxylic acids is 1. The molecule has 1 aromatic rings. The Hall–Kier alpha value is -0.480. The lowest BCUT2D eigenvalue weighted by molar-refractivity contribution is -0.137. The number of carboxylic acid groups (broad SMARTS) is 1. The fourth-order valence-corrected chi connectivity index (χ4v) is 4.41. The number of benzene rings is 1. The molecule has 1 fully saturated rings. The zero-order valence-electron chi connectivity index (χ0n) is 10.8. The SMILES string of the molecule is O=C(O)C(Sc1cccc(Br)c1)C1CCCCCC1. The van der Waals surface area contributed by atoms with E-state index in [1.165, 1.54) is 37.4 Å². The molecule has 2 nitrogen and oxygen atoms in total. The van der Waals surface area contributed by atoms with Gasteiger partial charge in [-0.1, -0.05) is 47.7 Å². The second-order valence-corrected chi connectivity index (χ2v) is 7.22. The van der Waals surface area contributed by atoms with Crippen molar-refractivity contribution in [2.75, 3.05) is 0 Å². The molecule has 1 saturated carbocycles. The zero-order chi connectivity index (χ0) is 13.7. The summed E-state index contributed by atoms with van der Waals surface area (Å²) in [5, 5.41) is 9.20. The second-order valence-electron chi connectivity index (χ2n) is 5.09. The van der Waals surface area contributed by atoms with Crippen LogP contribution in [0.4, 0.5) is 0 Å². The van der Waals surface area contributed by atoms with Crippen molar-refractivity contribution >= 4 is 33.7 Å². The highest BCUT2D eigenvalue weighted by molar-refractivity contribution is 9.10. The molecule has 1 N–H and O–H groups in total. The number of thioether (sulfide) groups is 1. The molecule has 1 aromatic carbocycles. The van der Waals surface area contributed by atoms with Crippen LogP contribution < -0.4 is 0 Å². The molecule has 19 heavy (non-hydrogen) atoms. The number of carbonyl (C=O) groups is 1. The van der Waals surface area contributed by atoms with Crippen molar-refractivity contribution < 1.29 is 9.90 Å². The van der Waals surface area contributed by atoms with E-state index in [2.05, 4.69) is 15.9 Å². The molecule has 0 aromatic heterocycles. The molecule has 0 bridgehead atoms. The molecule has 1 aliphatic rings. The van der Waals surface area contributed by atoms with Gasteiger partial charge in [0.05, 0.1) is 0 Å². The normalized spacial score (nSPS) is 18.8. The summed E-state index contributed by atoms with van der Waals surface area (Å²) in [5.74, 6) is -0.360. The van der Waals surface area contributed by atoms with E-state index in [1.807, 2.05) is 24.3 Å². The van der Waals surface area contributed by atoms with Crippen LogP contribution in [-0.4, -0.2) is 16.3 Å². The molecule has 4 heteroatoms.